The molecule has 1 heterocycles. The van der Waals surface area contributed by atoms with Crippen LogP contribution in [0.1, 0.15) is 0 Å². The first-order chi connectivity index (χ1) is 6.13. The second-order valence-corrected chi connectivity index (χ2v) is 2.62. The van der Waals surface area contributed by atoms with Gasteiger partial charge in [-0.15, -0.1) is 0 Å². The molecule has 0 bridgehead atoms. The van der Waals surface area contributed by atoms with Gasteiger partial charge in [0.1, 0.15) is 5.82 Å². The Hall–Kier alpha value is -1.40. The van der Waals surface area contributed by atoms with Crippen molar-refractivity contribution >= 4 is 5.82 Å². The zero-order chi connectivity index (χ0) is 9.84. The van der Waals surface area contributed by atoms with Gasteiger partial charge < -0.3 is 15.9 Å². The molecule has 72 valence electrons. The minimum absolute atomic E-state index is 0.0165. The van der Waals surface area contributed by atoms with Gasteiger partial charge in [0.2, 0.25) is 0 Å². The lowest BCUT2D eigenvalue weighted by molar-refractivity contribution is 0.0800. The molecule has 13 heavy (non-hydrogen) atoms. The number of nitrogen functional groups attached to an aromatic ring is 1. The molecular weight excluding hydrogens is 174 g/mol. The SMILES string of the molecule is Nc1ccn(CC(O)CO)c(=O)n1. The molecular formula is C7H11N3O3. The number of anilines is 1. The number of hydrogen-bond donors (Lipinski definition) is 3. The Labute approximate surface area is 74.3 Å². The monoisotopic (exact) mass is 185 g/mol. The third kappa shape index (κ3) is 2.53. The van der Waals surface area contributed by atoms with Crippen molar-refractivity contribution in [3.05, 3.63) is 22.7 Å². The van der Waals surface area contributed by atoms with Gasteiger partial charge in [-0.1, -0.05) is 0 Å². The van der Waals surface area contributed by atoms with Gasteiger partial charge in [-0.3, -0.25) is 4.57 Å². The smallest absolute Gasteiger partial charge is 0.349 e. The van der Waals surface area contributed by atoms with Crippen LogP contribution in [0.3, 0.4) is 0 Å². The summed E-state index contributed by atoms with van der Waals surface area (Å²) < 4.78 is 1.18. The summed E-state index contributed by atoms with van der Waals surface area (Å²) in [6.07, 6.45) is 0.465. The molecule has 0 amide bonds. The molecule has 0 radical (unpaired) electrons. The molecule has 0 spiro atoms. The number of aliphatic hydroxyl groups excluding tert-OH is 2. The Morgan fingerprint density at radius 2 is 2.38 bits per heavy atom. The Kier molecular flexibility index (Phi) is 2.99. The van der Waals surface area contributed by atoms with Crippen LogP contribution in [0.25, 0.3) is 0 Å². The van der Waals surface area contributed by atoms with Crippen molar-refractivity contribution in [1.82, 2.24) is 9.55 Å². The maximum atomic E-state index is 11.1. The van der Waals surface area contributed by atoms with E-state index in [4.69, 9.17) is 15.9 Å². The molecule has 0 aliphatic carbocycles. The molecule has 4 N–H and O–H groups in total. The van der Waals surface area contributed by atoms with Gasteiger partial charge in [-0.25, -0.2) is 4.79 Å². The van der Waals surface area contributed by atoms with E-state index < -0.39 is 18.4 Å². The molecule has 1 unspecified atom stereocenters. The Morgan fingerprint density at radius 3 is 2.92 bits per heavy atom. The lowest BCUT2D eigenvalue weighted by atomic mass is 10.4. The summed E-state index contributed by atoms with van der Waals surface area (Å²) in [6, 6.07) is 1.45. The van der Waals surface area contributed by atoms with Crippen molar-refractivity contribution in [3.8, 4) is 0 Å². The first kappa shape index (κ1) is 9.69. The third-order valence-electron chi connectivity index (χ3n) is 1.51. The van der Waals surface area contributed by atoms with Crippen LogP contribution in [0.5, 0.6) is 0 Å². The maximum absolute atomic E-state index is 11.1. The molecule has 1 aromatic rings. The Balaban J connectivity index is 2.84. The van der Waals surface area contributed by atoms with E-state index in [0.717, 1.165) is 0 Å². The van der Waals surface area contributed by atoms with Crippen LogP contribution in [-0.4, -0.2) is 32.5 Å². The van der Waals surface area contributed by atoms with E-state index in [0.29, 0.717) is 0 Å². The molecule has 1 atom stereocenters. The lowest BCUT2D eigenvalue weighted by Gasteiger charge is -2.08. The number of hydrogen-bond acceptors (Lipinski definition) is 5. The van der Waals surface area contributed by atoms with Gasteiger partial charge in [0.05, 0.1) is 19.3 Å². The molecule has 0 aromatic carbocycles. The zero-order valence-electron chi connectivity index (χ0n) is 6.92. The summed E-state index contributed by atoms with van der Waals surface area (Å²) in [5, 5.41) is 17.6. The average molecular weight is 185 g/mol. The maximum Gasteiger partial charge on any atom is 0.349 e. The van der Waals surface area contributed by atoms with Gasteiger partial charge in [0, 0.05) is 6.20 Å². The molecule has 1 aromatic heterocycles. The van der Waals surface area contributed by atoms with Crippen molar-refractivity contribution in [2.45, 2.75) is 12.6 Å². The predicted molar refractivity (Wildman–Crippen MR) is 46.0 cm³/mol. The van der Waals surface area contributed by atoms with Crippen LogP contribution in [0.15, 0.2) is 17.1 Å². The van der Waals surface area contributed by atoms with Crippen molar-refractivity contribution in [2.24, 2.45) is 0 Å². The number of aromatic nitrogens is 2. The molecule has 0 aliphatic heterocycles. The van der Waals surface area contributed by atoms with Gasteiger partial charge in [0.15, 0.2) is 0 Å². The van der Waals surface area contributed by atoms with Gasteiger partial charge in [-0.05, 0) is 6.07 Å². The fraction of sp³-hybridized carbons (Fsp3) is 0.429. The highest BCUT2D eigenvalue weighted by atomic mass is 16.3. The van der Waals surface area contributed by atoms with Crippen molar-refractivity contribution in [2.75, 3.05) is 12.3 Å². The fourth-order valence-electron chi connectivity index (χ4n) is 0.866. The zero-order valence-corrected chi connectivity index (χ0v) is 6.92. The van der Waals surface area contributed by atoms with Crippen molar-refractivity contribution in [1.29, 1.82) is 0 Å². The van der Waals surface area contributed by atoms with E-state index in [9.17, 15) is 4.79 Å². The minimum atomic E-state index is -0.955. The predicted octanol–water partition coefficient (Wildman–Crippen LogP) is -1.82. The van der Waals surface area contributed by atoms with Crippen LogP contribution in [0.4, 0.5) is 5.82 Å². The molecule has 0 fully saturated rings. The highest BCUT2D eigenvalue weighted by molar-refractivity contribution is 5.23. The first-order valence-corrected chi connectivity index (χ1v) is 3.75. The number of aliphatic hydroxyl groups is 2. The lowest BCUT2D eigenvalue weighted by Crippen LogP contribution is -2.30. The second-order valence-electron chi connectivity index (χ2n) is 2.62. The van der Waals surface area contributed by atoms with Gasteiger partial charge >= 0.3 is 5.69 Å². The molecule has 1 rings (SSSR count). The molecule has 0 saturated heterocycles. The molecule has 0 aliphatic rings. The third-order valence-corrected chi connectivity index (χ3v) is 1.51. The summed E-state index contributed by atoms with van der Waals surface area (Å²) in [6.45, 7) is -0.376. The van der Waals surface area contributed by atoms with E-state index in [1.165, 1.54) is 16.8 Å². The summed E-state index contributed by atoms with van der Waals surface area (Å²) in [5.41, 5.74) is 4.72. The van der Waals surface area contributed by atoms with Crippen LogP contribution in [-0.2, 0) is 6.54 Å². The summed E-state index contributed by atoms with van der Waals surface area (Å²) in [4.78, 5) is 14.5. The average Bonchev–Trinajstić information content (AvgIpc) is 2.09. The first-order valence-electron chi connectivity index (χ1n) is 3.75. The topological polar surface area (TPSA) is 101 Å². The number of nitrogens with two attached hydrogens (primary N) is 1. The van der Waals surface area contributed by atoms with E-state index in [1.54, 1.807) is 0 Å². The number of nitrogens with zero attached hydrogens (tertiary/aromatic N) is 2. The van der Waals surface area contributed by atoms with Crippen LogP contribution < -0.4 is 11.4 Å². The fourth-order valence-corrected chi connectivity index (χ4v) is 0.866. The van der Waals surface area contributed by atoms with Crippen LogP contribution >= 0.6 is 0 Å². The molecule has 0 saturated carbocycles. The van der Waals surface area contributed by atoms with Crippen LogP contribution in [0, 0.1) is 0 Å². The normalized spacial score (nSPS) is 12.8. The minimum Gasteiger partial charge on any atom is -0.394 e. The van der Waals surface area contributed by atoms with Crippen molar-refractivity contribution < 1.29 is 10.2 Å². The van der Waals surface area contributed by atoms with Crippen LogP contribution in [0.2, 0.25) is 0 Å². The van der Waals surface area contributed by atoms with E-state index in [1.807, 2.05) is 0 Å². The van der Waals surface area contributed by atoms with E-state index >= 15 is 0 Å². The largest absolute Gasteiger partial charge is 0.394 e. The van der Waals surface area contributed by atoms with E-state index in [-0.39, 0.29) is 12.4 Å². The van der Waals surface area contributed by atoms with Crippen molar-refractivity contribution in [3.63, 3.8) is 0 Å². The second kappa shape index (κ2) is 4.01. The summed E-state index contributed by atoms with van der Waals surface area (Å²) >= 11 is 0. The standard InChI is InChI=1S/C7H11N3O3/c8-6-1-2-10(7(13)9-6)3-5(12)4-11/h1-2,5,11-12H,3-4H2,(H2,8,9,13). The Bertz CT molecular complexity index is 336. The van der Waals surface area contributed by atoms with Gasteiger partial charge in [0.25, 0.3) is 0 Å². The summed E-state index contributed by atoms with van der Waals surface area (Å²) in [5.74, 6) is 0.139. The quantitative estimate of drug-likeness (QED) is 0.514. The van der Waals surface area contributed by atoms with Gasteiger partial charge in [-0.2, -0.15) is 4.98 Å². The number of rotatable bonds is 3. The highest BCUT2D eigenvalue weighted by Crippen LogP contribution is 1.91. The molecule has 6 heteroatoms. The van der Waals surface area contributed by atoms with E-state index in [2.05, 4.69) is 4.98 Å². The summed E-state index contributed by atoms with van der Waals surface area (Å²) in [7, 11) is 0. The highest BCUT2D eigenvalue weighted by Gasteiger charge is 2.04. The molecule has 6 nitrogen and oxygen atoms in total. The Morgan fingerprint density at radius 1 is 1.69 bits per heavy atom.